The van der Waals surface area contributed by atoms with Gasteiger partial charge in [-0.2, -0.15) is 0 Å². The number of ether oxygens (including phenoxy) is 3. The van der Waals surface area contributed by atoms with Crippen LogP contribution in [0.25, 0.3) is 0 Å². The van der Waals surface area contributed by atoms with Crippen LogP contribution in [0.4, 0.5) is 0 Å². The molecule has 1 aromatic carbocycles. The first-order valence-electron chi connectivity index (χ1n) is 6.44. The SMILES string of the molecule is COCCC(=O)NCCc1ccc2c(c1)OCCO2. The number of amides is 1. The van der Waals surface area contributed by atoms with Gasteiger partial charge in [-0.05, 0) is 24.1 Å². The van der Waals surface area contributed by atoms with Gasteiger partial charge in [-0.25, -0.2) is 0 Å². The van der Waals surface area contributed by atoms with E-state index in [9.17, 15) is 4.79 Å². The molecular weight excluding hydrogens is 246 g/mol. The molecule has 0 unspecified atom stereocenters. The third kappa shape index (κ3) is 4.13. The summed E-state index contributed by atoms with van der Waals surface area (Å²) in [4.78, 5) is 11.4. The normalized spacial score (nSPS) is 13.1. The molecule has 1 aliphatic heterocycles. The molecule has 0 aliphatic carbocycles. The van der Waals surface area contributed by atoms with Gasteiger partial charge in [0.1, 0.15) is 13.2 Å². The van der Waals surface area contributed by atoms with E-state index in [1.165, 1.54) is 0 Å². The molecule has 0 bridgehead atoms. The van der Waals surface area contributed by atoms with E-state index in [4.69, 9.17) is 14.2 Å². The lowest BCUT2D eigenvalue weighted by Gasteiger charge is -2.18. The van der Waals surface area contributed by atoms with Crippen molar-refractivity contribution in [3.63, 3.8) is 0 Å². The first-order chi connectivity index (χ1) is 9.29. The minimum absolute atomic E-state index is 0.0133. The Balaban J connectivity index is 1.78. The summed E-state index contributed by atoms with van der Waals surface area (Å²) in [7, 11) is 1.59. The largest absolute Gasteiger partial charge is 0.486 e. The van der Waals surface area contributed by atoms with Gasteiger partial charge in [0.25, 0.3) is 0 Å². The van der Waals surface area contributed by atoms with E-state index in [1.807, 2.05) is 18.2 Å². The number of carbonyl (C=O) groups is 1. The topological polar surface area (TPSA) is 56.8 Å². The van der Waals surface area contributed by atoms with E-state index in [1.54, 1.807) is 7.11 Å². The van der Waals surface area contributed by atoms with Crippen molar-refractivity contribution in [3.8, 4) is 11.5 Å². The number of nitrogens with one attached hydrogen (secondary N) is 1. The van der Waals surface area contributed by atoms with Crippen LogP contribution in [0.2, 0.25) is 0 Å². The van der Waals surface area contributed by atoms with Crippen LogP contribution in [0.1, 0.15) is 12.0 Å². The maximum atomic E-state index is 11.4. The van der Waals surface area contributed by atoms with Gasteiger partial charge in [0.2, 0.25) is 5.91 Å². The standard InChI is InChI=1S/C14H19NO4/c1-17-7-5-14(16)15-6-4-11-2-3-12-13(10-11)19-9-8-18-12/h2-3,10H,4-9H2,1H3,(H,15,16). The molecule has 1 aliphatic rings. The molecule has 5 nitrogen and oxygen atoms in total. The van der Waals surface area contributed by atoms with Gasteiger partial charge >= 0.3 is 0 Å². The number of methoxy groups -OCH3 is 1. The summed E-state index contributed by atoms with van der Waals surface area (Å²) in [6.45, 7) is 2.25. The third-order valence-electron chi connectivity index (χ3n) is 2.88. The van der Waals surface area contributed by atoms with Crippen molar-refractivity contribution >= 4 is 5.91 Å². The molecule has 1 heterocycles. The summed E-state index contributed by atoms with van der Waals surface area (Å²) in [6.07, 6.45) is 1.17. The fourth-order valence-electron chi connectivity index (χ4n) is 1.87. The lowest BCUT2D eigenvalue weighted by Crippen LogP contribution is -2.26. The third-order valence-corrected chi connectivity index (χ3v) is 2.88. The van der Waals surface area contributed by atoms with Crippen molar-refractivity contribution in [2.45, 2.75) is 12.8 Å². The van der Waals surface area contributed by atoms with Crippen LogP contribution < -0.4 is 14.8 Å². The summed E-state index contributed by atoms with van der Waals surface area (Å²) >= 11 is 0. The van der Waals surface area contributed by atoms with E-state index in [0.717, 1.165) is 23.5 Å². The quantitative estimate of drug-likeness (QED) is 0.838. The zero-order chi connectivity index (χ0) is 13.5. The van der Waals surface area contributed by atoms with Crippen LogP contribution in [-0.2, 0) is 16.0 Å². The molecule has 0 radical (unpaired) electrons. The first-order valence-corrected chi connectivity index (χ1v) is 6.44. The number of fused-ring (bicyclic) bond motifs is 1. The molecule has 0 aromatic heterocycles. The predicted octanol–water partition coefficient (Wildman–Crippen LogP) is 1.15. The van der Waals surface area contributed by atoms with E-state index >= 15 is 0 Å². The van der Waals surface area contributed by atoms with Gasteiger partial charge in [-0.1, -0.05) is 6.07 Å². The van der Waals surface area contributed by atoms with Crippen molar-refractivity contribution < 1.29 is 19.0 Å². The average Bonchev–Trinajstić information content (AvgIpc) is 2.45. The molecule has 1 aromatic rings. The van der Waals surface area contributed by atoms with Crippen molar-refractivity contribution in [3.05, 3.63) is 23.8 Å². The monoisotopic (exact) mass is 265 g/mol. The van der Waals surface area contributed by atoms with E-state index in [0.29, 0.717) is 32.8 Å². The molecule has 1 N–H and O–H groups in total. The van der Waals surface area contributed by atoms with Crippen molar-refractivity contribution in [1.82, 2.24) is 5.32 Å². The molecule has 2 rings (SSSR count). The second-order valence-corrected chi connectivity index (χ2v) is 4.32. The lowest BCUT2D eigenvalue weighted by atomic mass is 10.1. The van der Waals surface area contributed by atoms with E-state index in [-0.39, 0.29) is 5.91 Å². The second-order valence-electron chi connectivity index (χ2n) is 4.32. The second kappa shape index (κ2) is 6.99. The number of hydrogen-bond acceptors (Lipinski definition) is 4. The van der Waals surface area contributed by atoms with Crippen LogP contribution in [0.15, 0.2) is 18.2 Å². The van der Waals surface area contributed by atoms with Crippen molar-refractivity contribution in [2.24, 2.45) is 0 Å². The Bertz CT molecular complexity index is 433. The number of carbonyl (C=O) groups excluding carboxylic acids is 1. The van der Waals surface area contributed by atoms with Gasteiger partial charge in [0.15, 0.2) is 11.5 Å². The Kier molecular flexibility index (Phi) is 5.03. The maximum Gasteiger partial charge on any atom is 0.222 e. The Hall–Kier alpha value is -1.75. The zero-order valence-corrected chi connectivity index (χ0v) is 11.1. The van der Waals surface area contributed by atoms with E-state index in [2.05, 4.69) is 5.32 Å². The minimum atomic E-state index is 0.0133. The Morgan fingerprint density at radius 2 is 2.11 bits per heavy atom. The molecule has 0 saturated carbocycles. The Morgan fingerprint density at radius 3 is 2.89 bits per heavy atom. The highest BCUT2D eigenvalue weighted by molar-refractivity contribution is 5.75. The minimum Gasteiger partial charge on any atom is -0.486 e. The maximum absolute atomic E-state index is 11.4. The van der Waals surface area contributed by atoms with Crippen LogP contribution >= 0.6 is 0 Å². The highest BCUT2D eigenvalue weighted by Gasteiger charge is 2.11. The molecule has 19 heavy (non-hydrogen) atoms. The smallest absolute Gasteiger partial charge is 0.222 e. The predicted molar refractivity (Wildman–Crippen MR) is 70.6 cm³/mol. The molecule has 0 saturated heterocycles. The average molecular weight is 265 g/mol. The highest BCUT2D eigenvalue weighted by Crippen LogP contribution is 2.30. The summed E-state index contributed by atoms with van der Waals surface area (Å²) in [6, 6.07) is 5.88. The first kappa shape index (κ1) is 13.7. The van der Waals surface area contributed by atoms with Gasteiger partial charge in [-0.15, -0.1) is 0 Å². The number of benzene rings is 1. The molecule has 1 amide bonds. The fourth-order valence-corrected chi connectivity index (χ4v) is 1.87. The molecular formula is C14H19NO4. The van der Waals surface area contributed by atoms with Gasteiger partial charge in [-0.3, -0.25) is 4.79 Å². The molecule has 0 spiro atoms. The van der Waals surface area contributed by atoms with Gasteiger partial charge in [0, 0.05) is 20.1 Å². The summed E-state index contributed by atoms with van der Waals surface area (Å²) in [5.41, 5.74) is 1.12. The van der Waals surface area contributed by atoms with E-state index < -0.39 is 0 Å². The zero-order valence-electron chi connectivity index (χ0n) is 11.1. The van der Waals surface area contributed by atoms with Crippen molar-refractivity contribution in [1.29, 1.82) is 0 Å². The van der Waals surface area contributed by atoms with Crippen LogP contribution in [0.5, 0.6) is 11.5 Å². The summed E-state index contributed by atoms with van der Waals surface area (Å²) in [5, 5.41) is 2.86. The summed E-state index contributed by atoms with van der Waals surface area (Å²) in [5.74, 6) is 1.59. The Labute approximate surface area is 112 Å². The van der Waals surface area contributed by atoms with Crippen LogP contribution in [0.3, 0.4) is 0 Å². The number of hydrogen-bond donors (Lipinski definition) is 1. The number of rotatable bonds is 6. The lowest BCUT2D eigenvalue weighted by molar-refractivity contribution is -0.121. The molecule has 0 atom stereocenters. The Morgan fingerprint density at radius 1 is 1.32 bits per heavy atom. The van der Waals surface area contributed by atoms with Crippen molar-refractivity contribution in [2.75, 3.05) is 33.5 Å². The molecule has 5 heteroatoms. The van der Waals surface area contributed by atoms with Gasteiger partial charge in [0.05, 0.1) is 6.61 Å². The van der Waals surface area contributed by atoms with Crippen LogP contribution in [0, 0.1) is 0 Å². The molecule has 104 valence electrons. The molecule has 0 fully saturated rings. The van der Waals surface area contributed by atoms with Gasteiger partial charge < -0.3 is 19.5 Å². The van der Waals surface area contributed by atoms with Crippen LogP contribution in [-0.4, -0.2) is 39.4 Å². The summed E-state index contributed by atoms with van der Waals surface area (Å²) < 4.78 is 15.8. The highest BCUT2D eigenvalue weighted by atomic mass is 16.6. The fraction of sp³-hybridized carbons (Fsp3) is 0.500.